The summed E-state index contributed by atoms with van der Waals surface area (Å²) in [4.78, 5) is 12.7. The van der Waals surface area contributed by atoms with E-state index in [-0.39, 0.29) is 5.91 Å². The highest BCUT2D eigenvalue weighted by Crippen LogP contribution is 2.39. The third-order valence-corrected chi connectivity index (χ3v) is 4.44. The van der Waals surface area contributed by atoms with Gasteiger partial charge in [0.25, 0.3) is 5.91 Å². The standard InChI is InChI=1S/C22H20N2O4/c1-26-19-11-17(12-20(27-2)21(19)28-3)18(13-23)24-22(25)16-9-8-14-6-4-5-7-15(14)10-16/h4-12,18H,1-3H3,(H,24,25). The van der Waals surface area contributed by atoms with Gasteiger partial charge in [0, 0.05) is 5.56 Å². The molecule has 0 spiro atoms. The molecule has 0 aliphatic rings. The number of ether oxygens (including phenoxy) is 3. The van der Waals surface area contributed by atoms with Crippen molar-refractivity contribution >= 4 is 16.7 Å². The van der Waals surface area contributed by atoms with E-state index in [1.165, 1.54) is 21.3 Å². The number of carbonyl (C=O) groups is 1. The van der Waals surface area contributed by atoms with Crippen molar-refractivity contribution in [2.75, 3.05) is 21.3 Å². The van der Waals surface area contributed by atoms with Crippen molar-refractivity contribution in [2.45, 2.75) is 6.04 Å². The fourth-order valence-electron chi connectivity index (χ4n) is 3.00. The average Bonchev–Trinajstić information content (AvgIpc) is 2.75. The Kier molecular flexibility index (Phi) is 5.66. The summed E-state index contributed by atoms with van der Waals surface area (Å²) in [5.41, 5.74) is 1.01. The minimum absolute atomic E-state index is 0.342. The van der Waals surface area contributed by atoms with Gasteiger partial charge in [-0.15, -0.1) is 0 Å². The summed E-state index contributed by atoms with van der Waals surface area (Å²) in [6, 6.07) is 17.7. The van der Waals surface area contributed by atoms with E-state index in [0.717, 1.165) is 10.8 Å². The third-order valence-electron chi connectivity index (χ3n) is 4.44. The first-order valence-electron chi connectivity index (χ1n) is 8.60. The number of nitriles is 1. The number of hydrogen-bond donors (Lipinski definition) is 1. The van der Waals surface area contributed by atoms with Crippen molar-refractivity contribution in [1.82, 2.24) is 5.32 Å². The molecule has 0 bridgehead atoms. The first-order chi connectivity index (χ1) is 13.6. The minimum atomic E-state index is -0.882. The van der Waals surface area contributed by atoms with E-state index < -0.39 is 6.04 Å². The molecule has 3 aromatic rings. The molecule has 1 atom stereocenters. The lowest BCUT2D eigenvalue weighted by molar-refractivity contribution is 0.0945. The number of nitrogens with zero attached hydrogens (tertiary/aromatic N) is 1. The second-order valence-corrected chi connectivity index (χ2v) is 6.06. The van der Waals surface area contributed by atoms with E-state index in [1.807, 2.05) is 30.3 Å². The van der Waals surface area contributed by atoms with Crippen molar-refractivity contribution in [1.29, 1.82) is 5.26 Å². The number of nitrogens with one attached hydrogen (secondary N) is 1. The van der Waals surface area contributed by atoms with Gasteiger partial charge >= 0.3 is 0 Å². The van der Waals surface area contributed by atoms with Gasteiger partial charge in [0.15, 0.2) is 11.5 Å². The number of methoxy groups -OCH3 is 3. The lowest BCUT2D eigenvalue weighted by atomic mass is 10.0. The van der Waals surface area contributed by atoms with Crippen LogP contribution < -0.4 is 19.5 Å². The zero-order chi connectivity index (χ0) is 20.1. The van der Waals surface area contributed by atoms with Crippen LogP contribution >= 0.6 is 0 Å². The molecule has 0 aliphatic heterocycles. The first-order valence-corrected chi connectivity index (χ1v) is 8.60. The molecule has 0 saturated carbocycles. The number of carbonyl (C=O) groups excluding carboxylic acids is 1. The maximum absolute atomic E-state index is 12.7. The molecular formula is C22H20N2O4. The molecule has 0 fully saturated rings. The van der Waals surface area contributed by atoms with Crippen LogP contribution in [0.2, 0.25) is 0 Å². The number of amides is 1. The molecule has 6 heteroatoms. The van der Waals surface area contributed by atoms with Crippen molar-refractivity contribution in [3.63, 3.8) is 0 Å². The molecule has 0 aliphatic carbocycles. The van der Waals surface area contributed by atoms with Gasteiger partial charge in [0.05, 0.1) is 27.4 Å². The lowest BCUT2D eigenvalue weighted by Crippen LogP contribution is -2.27. The summed E-state index contributed by atoms with van der Waals surface area (Å²) in [5, 5.41) is 14.4. The number of fused-ring (bicyclic) bond motifs is 1. The van der Waals surface area contributed by atoms with E-state index in [0.29, 0.717) is 28.4 Å². The summed E-state index contributed by atoms with van der Waals surface area (Å²) in [5.74, 6) is 0.909. The maximum Gasteiger partial charge on any atom is 0.252 e. The first kappa shape index (κ1) is 19.1. The van der Waals surface area contributed by atoms with Crippen LogP contribution in [0.3, 0.4) is 0 Å². The summed E-state index contributed by atoms with van der Waals surface area (Å²) < 4.78 is 15.9. The van der Waals surface area contributed by atoms with E-state index >= 15 is 0 Å². The Balaban J connectivity index is 1.91. The molecule has 142 valence electrons. The zero-order valence-corrected chi connectivity index (χ0v) is 15.9. The van der Waals surface area contributed by atoms with Crippen LogP contribution in [0.1, 0.15) is 22.0 Å². The Morgan fingerprint density at radius 3 is 2.14 bits per heavy atom. The van der Waals surface area contributed by atoms with Crippen molar-refractivity contribution < 1.29 is 19.0 Å². The second kappa shape index (κ2) is 8.31. The van der Waals surface area contributed by atoms with Gasteiger partial charge in [-0.05, 0) is 40.6 Å². The molecule has 0 aromatic heterocycles. The third kappa shape index (κ3) is 3.69. The van der Waals surface area contributed by atoms with Crippen molar-refractivity contribution in [3.05, 3.63) is 65.7 Å². The second-order valence-electron chi connectivity index (χ2n) is 6.06. The lowest BCUT2D eigenvalue weighted by Gasteiger charge is -2.17. The van der Waals surface area contributed by atoms with Crippen LogP contribution in [-0.2, 0) is 0 Å². The summed E-state index contributed by atoms with van der Waals surface area (Å²) >= 11 is 0. The molecule has 6 nitrogen and oxygen atoms in total. The highest BCUT2D eigenvalue weighted by molar-refractivity contribution is 5.98. The smallest absolute Gasteiger partial charge is 0.252 e. The van der Waals surface area contributed by atoms with Crippen LogP contribution in [-0.4, -0.2) is 27.2 Å². The SMILES string of the molecule is COc1cc(C(C#N)NC(=O)c2ccc3ccccc3c2)cc(OC)c1OC. The largest absolute Gasteiger partial charge is 0.493 e. The van der Waals surface area contributed by atoms with Gasteiger partial charge in [0.1, 0.15) is 6.04 Å². The minimum Gasteiger partial charge on any atom is -0.493 e. The quantitative estimate of drug-likeness (QED) is 0.707. The van der Waals surface area contributed by atoms with Gasteiger partial charge in [-0.3, -0.25) is 4.79 Å². The molecule has 1 N–H and O–H groups in total. The Morgan fingerprint density at radius 1 is 0.929 bits per heavy atom. The fraction of sp³-hybridized carbons (Fsp3) is 0.182. The van der Waals surface area contributed by atoms with Crippen LogP contribution in [0.5, 0.6) is 17.2 Å². The monoisotopic (exact) mass is 376 g/mol. The molecular weight excluding hydrogens is 356 g/mol. The van der Waals surface area contributed by atoms with Gasteiger partial charge < -0.3 is 19.5 Å². The van der Waals surface area contributed by atoms with E-state index in [2.05, 4.69) is 11.4 Å². The Morgan fingerprint density at radius 2 is 1.57 bits per heavy atom. The van der Waals surface area contributed by atoms with Crippen molar-refractivity contribution in [2.24, 2.45) is 0 Å². The van der Waals surface area contributed by atoms with E-state index in [1.54, 1.807) is 24.3 Å². The van der Waals surface area contributed by atoms with E-state index in [4.69, 9.17) is 14.2 Å². The predicted molar refractivity (Wildman–Crippen MR) is 106 cm³/mol. The highest BCUT2D eigenvalue weighted by Gasteiger charge is 2.21. The van der Waals surface area contributed by atoms with Crippen molar-refractivity contribution in [3.8, 4) is 23.3 Å². The molecule has 0 saturated heterocycles. The molecule has 3 aromatic carbocycles. The number of hydrogen-bond acceptors (Lipinski definition) is 5. The Labute approximate surface area is 163 Å². The van der Waals surface area contributed by atoms with Crippen LogP contribution in [0.4, 0.5) is 0 Å². The fourth-order valence-corrected chi connectivity index (χ4v) is 3.00. The number of benzene rings is 3. The Bertz CT molecular complexity index is 1030. The zero-order valence-electron chi connectivity index (χ0n) is 15.9. The summed E-state index contributed by atoms with van der Waals surface area (Å²) in [6.07, 6.45) is 0. The molecule has 0 heterocycles. The van der Waals surface area contributed by atoms with Gasteiger partial charge in [-0.25, -0.2) is 0 Å². The molecule has 0 radical (unpaired) electrons. The molecule has 1 amide bonds. The summed E-state index contributed by atoms with van der Waals surface area (Å²) in [7, 11) is 4.50. The van der Waals surface area contributed by atoms with Gasteiger partial charge in [-0.2, -0.15) is 5.26 Å². The highest BCUT2D eigenvalue weighted by atomic mass is 16.5. The van der Waals surface area contributed by atoms with Crippen LogP contribution in [0.25, 0.3) is 10.8 Å². The van der Waals surface area contributed by atoms with Crippen LogP contribution in [0.15, 0.2) is 54.6 Å². The van der Waals surface area contributed by atoms with Crippen LogP contribution in [0, 0.1) is 11.3 Å². The molecule has 3 rings (SSSR count). The van der Waals surface area contributed by atoms with E-state index in [9.17, 15) is 10.1 Å². The molecule has 1 unspecified atom stereocenters. The normalized spacial score (nSPS) is 11.4. The predicted octanol–water partition coefficient (Wildman–Crippen LogP) is 3.86. The van der Waals surface area contributed by atoms with Gasteiger partial charge in [0.2, 0.25) is 5.75 Å². The summed E-state index contributed by atoms with van der Waals surface area (Å²) in [6.45, 7) is 0. The Hall–Kier alpha value is -3.72. The van der Waals surface area contributed by atoms with Gasteiger partial charge in [-0.1, -0.05) is 30.3 Å². The average molecular weight is 376 g/mol. The topological polar surface area (TPSA) is 80.6 Å². The molecule has 28 heavy (non-hydrogen) atoms. The maximum atomic E-state index is 12.7. The number of rotatable bonds is 6.